The second kappa shape index (κ2) is 4.84. The van der Waals surface area contributed by atoms with Gasteiger partial charge in [-0.25, -0.2) is 0 Å². The summed E-state index contributed by atoms with van der Waals surface area (Å²) in [6.45, 7) is 7.84. The highest BCUT2D eigenvalue weighted by Gasteiger charge is 2.42. The Morgan fingerprint density at radius 2 is 1.93 bits per heavy atom. The minimum atomic E-state index is 0.673. The minimum Gasteiger partial charge on any atom is -0.381 e. The maximum atomic E-state index is 5.37. The van der Waals surface area contributed by atoms with Crippen molar-refractivity contribution in [3.8, 4) is 0 Å². The van der Waals surface area contributed by atoms with Crippen LogP contribution in [0, 0.1) is 11.3 Å². The van der Waals surface area contributed by atoms with Gasteiger partial charge in [-0.15, -0.1) is 0 Å². The molecule has 0 aromatic carbocycles. The molecule has 1 aliphatic carbocycles. The summed E-state index contributed by atoms with van der Waals surface area (Å²) in [5, 5.41) is 3.75. The van der Waals surface area contributed by atoms with Crippen LogP contribution in [0.15, 0.2) is 0 Å². The molecule has 2 nitrogen and oxygen atoms in total. The van der Waals surface area contributed by atoms with E-state index in [1.54, 1.807) is 0 Å². The molecule has 1 saturated carbocycles. The largest absolute Gasteiger partial charge is 0.381 e. The van der Waals surface area contributed by atoms with Crippen LogP contribution in [0.5, 0.6) is 0 Å². The minimum absolute atomic E-state index is 0.673. The van der Waals surface area contributed by atoms with Crippen molar-refractivity contribution in [2.24, 2.45) is 11.3 Å². The summed E-state index contributed by atoms with van der Waals surface area (Å²) in [6, 6.07) is 0.725. The first-order valence-electron chi connectivity index (χ1n) is 6.51. The molecule has 2 rings (SSSR count). The smallest absolute Gasteiger partial charge is 0.0480 e. The third kappa shape index (κ3) is 3.46. The summed E-state index contributed by atoms with van der Waals surface area (Å²) in [6.07, 6.45) is 6.71. The van der Waals surface area contributed by atoms with Crippen molar-refractivity contribution in [2.45, 2.75) is 52.0 Å². The molecular weight excluding hydrogens is 186 g/mol. The Morgan fingerprint density at radius 3 is 2.47 bits per heavy atom. The van der Waals surface area contributed by atoms with Crippen molar-refractivity contribution in [3.63, 3.8) is 0 Å². The van der Waals surface area contributed by atoms with Crippen LogP contribution in [0.25, 0.3) is 0 Å². The Balaban J connectivity index is 1.68. The highest BCUT2D eigenvalue weighted by atomic mass is 16.5. The normalized spacial score (nSPS) is 25.8. The van der Waals surface area contributed by atoms with Gasteiger partial charge in [-0.1, -0.05) is 13.8 Å². The molecule has 1 N–H and O–H groups in total. The lowest BCUT2D eigenvalue weighted by atomic mass is 9.93. The van der Waals surface area contributed by atoms with Gasteiger partial charge in [0.1, 0.15) is 0 Å². The van der Waals surface area contributed by atoms with Gasteiger partial charge in [-0.3, -0.25) is 0 Å². The number of rotatable bonds is 5. The van der Waals surface area contributed by atoms with Gasteiger partial charge in [-0.05, 0) is 43.4 Å². The van der Waals surface area contributed by atoms with Gasteiger partial charge in [0.25, 0.3) is 0 Å². The SMILES string of the molecule is CC(C)CC1(CNC2CCOCC2)CC1. The predicted molar refractivity (Wildman–Crippen MR) is 63.0 cm³/mol. The lowest BCUT2D eigenvalue weighted by Crippen LogP contribution is -2.38. The molecule has 0 amide bonds. The van der Waals surface area contributed by atoms with E-state index in [1.807, 2.05) is 0 Å². The summed E-state index contributed by atoms with van der Waals surface area (Å²) < 4.78 is 5.37. The van der Waals surface area contributed by atoms with E-state index in [9.17, 15) is 0 Å². The first-order chi connectivity index (χ1) is 7.20. The third-order valence-electron chi connectivity index (χ3n) is 3.79. The molecule has 0 radical (unpaired) electrons. The molecule has 1 heterocycles. The Kier molecular flexibility index (Phi) is 3.68. The summed E-state index contributed by atoms with van der Waals surface area (Å²) in [5.41, 5.74) is 0.673. The van der Waals surface area contributed by atoms with Crippen molar-refractivity contribution in [2.75, 3.05) is 19.8 Å². The molecule has 0 atom stereocenters. The fraction of sp³-hybridized carbons (Fsp3) is 1.00. The van der Waals surface area contributed by atoms with Gasteiger partial charge in [0, 0.05) is 25.8 Å². The topological polar surface area (TPSA) is 21.3 Å². The zero-order chi connectivity index (χ0) is 10.7. The molecule has 88 valence electrons. The Hall–Kier alpha value is -0.0800. The van der Waals surface area contributed by atoms with Crippen LogP contribution in [0.1, 0.15) is 46.0 Å². The number of nitrogens with one attached hydrogen (secondary N) is 1. The average Bonchev–Trinajstić information content (AvgIpc) is 2.96. The lowest BCUT2D eigenvalue weighted by Gasteiger charge is -2.26. The molecule has 0 aromatic heterocycles. The van der Waals surface area contributed by atoms with Gasteiger partial charge in [0.2, 0.25) is 0 Å². The summed E-state index contributed by atoms with van der Waals surface area (Å²) >= 11 is 0. The fourth-order valence-electron chi connectivity index (χ4n) is 2.76. The maximum Gasteiger partial charge on any atom is 0.0480 e. The molecular formula is C13H25NO. The molecule has 2 fully saturated rings. The van der Waals surface area contributed by atoms with E-state index in [4.69, 9.17) is 4.74 Å². The van der Waals surface area contributed by atoms with Gasteiger partial charge in [0.05, 0.1) is 0 Å². The quantitative estimate of drug-likeness (QED) is 0.754. The van der Waals surface area contributed by atoms with Crippen LogP contribution >= 0.6 is 0 Å². The standard InChI is InChI=1S/C13H25NO/c1-11(2)9-13(5-6-13)10-14-12-3-7-15-8-4-12/h11-12,14H,3-10H2,1-2H3. The molecule has 15 heavy (non-hydrogen) atoms. The lowest BCUT2D eigenvalue weighted by molar-refractivity contribution is 0.0761. The van der Waals surface area contributed by atoms with E-state index in [0.717, 1.165) is 25.2 Å². The zero-order valence-electron chi connectivity index (χ0n) is 10.2. The van der Waals surface area contributed by atoms with Gasteiger partial charge in [-0.2, -0.15) is 0 Å². The first-order valence-corrected chi connectivity index (χ1v) is 6.51. The predicted octanol–water partition coefficient (Wildman–Crippen LogP) is 2.58. The third-order valence-corrected chi connectivity index (χ3v) is 3.79. The fourth-order valence-corrected chi connectivity index (χ4v) is 2.76. The molecule has 0 spiro atoms. The molecule has 1 aliphatic heterocycles. The van der Waals surface area contributed by atoms with Gasteiger partial charge < -0.3 is 10.1 Å². The van der Waals surface area contributed by atoms with Gasteiger partial charge in [0.15, 0.2) is 0 Å². The van der Waals surface area contributed by atoms with Crippen molar-refractivity contribution in [1.29, 1.82) is 0 Å². The summed E-state index contributed by atoms with van der Waals surface area (Å²) in [5.74, 6) is 0.851. The molecule has 0 bridgehead atoms. The van der Waals surface area contributed by atoms with E-state index < -0.39 is 0 Å². The molecule has 2 heteroatoms. The first kappa shape index (κ1) is 11.4. The van der Waals surface area contributed by atoms with Crippen LogP contribution in [0.3, 0.4) is 0 Å². The Labute approximate surface area is 93.8 Å². The number of hydrogen-bond donors (Lipinski definition) is 1. The maximum absolute atomic E-state index is 5.37. The van der Waals surface area contributed by atoms with Gasteiger partial charge >= 0.3 is 0 Å². The van der Waals surface area contributed by atoms with Crippen molar-refractivity contribution < 1.29 is 4.74 Å². The summed E-state index contributed by atoms with van der Waals surface area (Å²) in [7, 11) is 0. The van der Waals surface area contributed by atoms with Crippen LogP contribution < -0.4 is 5.32 Å². The second-order valence-electron chi connectivity index (χ2n) is 5.87. The average molecular weight is 211 g/mol. The van der Waals surface area contributed by atoms with E-state index in [-0.39, 0.29) is 0 Å². The van der Waals surface area contributed by atoms with E-state index >= 15 is 0 Å². The number of ether oxygens (including phenoxy) is 1. The second-order valence-corrected chi connectivity index (χ2v) is 5.87. The molecule has 0 aromatic rings. The van der Waals surface area contributed by atoms with Crippen molar-refractivity contribution >= 4 is 0 Å². The van der Waals surface area contributed by atoms with Crippen LogP contribution in [0.4, 0.5) is 0 Å². The monoisotopic (exact) mass is 211 g/mol. The summed E-state index contributed by atoms with van der Waals surface area (Å²) in [4.78, 5) is 0. The Bertz CT molecular complexity index is 193. The van der Waals surface area contributed by atoms with E-state index in [0.29, 0.717) is 5.41 Å². The molecule has 1 saturated heterocycles. The molecule has 0 unspecified atom stereocenters. The highest BCUT2D eigenvalue weighted by molar-refractivity contribution is 4.96. The van der Waals surface area contributed by atoms with Crippen LogP contribution in [-0.4, -0.2) is 25.8 Å². The zero-order valence-corrected chi connectivity index (χ0v) is 10.2. The molecule has 2 aliphatic rings. The van der Waals surface area contributed by atoms with E-state index in [1.165, 1.54) is 38.6 Å². The van der Waals surface area contributed by atoms with E-state index in [2.05, 4.69) is 19.2 Å². The number of hydrogen-bond acceptors (Lipinski definition) is 2. The van der Waals surface area contributed by atoms with Crippen LogP contribution in [-0.2, 0) is 4.74 Å². The van der Waals surface area contributed by atoms with Crippen LogP contribution in [0.2, 0.25) is 0 Å². The van der Waals surface area contributed by atoms with Crippen molar-refractivity contribution in [1.82, 2.24) is 5.32 Å². The van der Waals surface area contributed by atoms with Crippen molar-refractivity contribution in [3.05, 3.63) is 0 Å². The Morgan fingerprint density at radius 1 is 1.27 bits per heavy atom. The highest BCUT2D eigenvalue weighted by Crippen LogP contribution is 2.50.